The van der Waals surface area contributed by atoms with Crippen molar-refractivity contribution in [2.75, 3.05) is 37.6 Å². The number of hydrogen-bond donors (Lipinski definition) is 1. The summed E-state index contributed by atoms with van der Waals surface area (Å²) in [6, 6.07) is 23.9. The molecular weight excluding hydrogens is 526 g/mol. The summed E-state index contributed by atoms with van der Waals surface area (Å²) in [5.74, 6) is 0.0748. The summed E-state index contributed by atoms with van der Waals surface area (Å²) in [6.07, 6.45) is 6.03. The SMILES string of the molecule is O=C(O)CCCCc1ccc(CCN2CCCN(c3nc4ccccc4n3Cc3ccc(F)cc3)CCC2)cc1.[NaH]. The number of para-hydroxylation sites is 2. The molecule has 0 spiro atoms. The number of halogens is 1. The molecule has 0 amide bonds. The van der Waals surface area contributed by atoms with Gasteiger partial charge in [-0.1, -0.05) is 48.5 Å². The van der Waals surface area contributed by atoms with Crippen LogP contribution in [0.3, 0.4) is 0 Å². The summed E-state index contributed by atoms with van der Waals surface area (Å²) in [4.78, 5) is 20.7. The van der Waals surface area contributed by atoms with Crippen LogP contribution in [0.5, 0.6) is 0 Å². The van der Waals surface area contributed by atoms with Crippen molar-refractivity contribution in [1.82, 2.24) is 14.5 Å². The average Bonchev–Trinajstić information content (AvgIpc) is 3.30. The van der Waals surface area contributed by atoms with Gasteiger partial charge in [0.05, 0.1) is 17.6 Å². The number of rotatable bonds is 11. The van der Waals surface area contributed by atoms with Gasteiger partial charge in [-0.3, -0.25) is 4.79 Å². The topological polar surface area (TPSA) is 61.6 Å². The van der Waals surface area contributed by atoms with E-state index >= 15 is 0 Å². The van der Waals surface area contributed by atoms with Crippen molar-refractivity contribution in [2.45, 2.75) is 51.5 Å². The van der Waals surface area contributed by atoms with Gasteiger partial charge in [0.25, 0.3) is 0 Å². The number of aliphatic carboxylic acids is 1. The number of carboxylic acid groups (broad SMARTS) is 1. The molecular formula is C33H40FN4NaO2. The molecule has 1 aromatic heterocycles. The molecule has 2 heterocycles. The quantitative estimate of drug-likeness (QED) is 0.192. The summed E-state index contributed by atoms with van der Waals surface area (Å²) < 4.78 is 15.8. The van der Waals surface area contributed by atoms with Crippen molar-refractivity contribution in [3.63, 3.8) is 0 Å². The molecule has 0 radical (unpaired) electrons. The first-order chi connectivity index (χ1) is 19.5. The fourth-order valence-electron chi connectivity index (χ4n) is 5.62. The molecule has 5 rings (SSSR count). The van der Waals surface area contributed by atoms with E-state index in [0.29, 0.717) is 6.54 Å². The number of aryl methyl sites for hydroxylation is 1. The van der Waals surface area contributed by atoms with Gasteiger partial charge in [-0.25, -0.2) is 9.37 Å². The molecule has 1 N–H and O–H groups in total. The van der Waals surface area contributed by atoms with Crippen LogP contribution in [-0.4, -0.2) is 87.8 Å². The van der Waals surface area contributed by atoms with Crippen molar-refractivity contribution >= 4 is 52.5 Å². The van der Waals surface area contributed by atoms with E-state index in [-0.39, 0.29) is 41.8 Å². The number of nitrogens with zero attached hydrogens (tertiary/aromatic N) is 4. The number of fused-ring (bicyclic) bond motifs is 1. The van der Waals surface area contributed by atoms with Crippen LogP contribution >= 0.6 is 0 Å². The maximum atomic E-state index is 13.5. The monoisotopic (exact) mass is 566 g/mol. The Morgan fingerprint density at radius 3 is 2.12 bits per heavy atom. The minimum absolute atomic E-state index is 0. The second kappa shape index (κ2) is 15.5. The molecule has 0 unspecified atom stereocenters. The number of aromatic nitrogens is 2. The number of unbranched alkanes of at least 4 members (excludes halogenated alkanes) is 1. The first-order valence-corrected chi connectivity index (χ1v) is 14.5. The molecule has 0 atom stereocenters. The van der Waals surface area contributed by atoms with E-state index < -0.39 is 5.97 Å². The van der Waals surface area contributed by atoms with Crippen molar-refractivity contribution in [3.05, 3.63) is 95.3 Å². The van der Waals surface area contributed by atoms with Crippen LogP contribution in [0, 0.1) is 5.82 Å². The third-order valence-corrected chi connectivity index (χ3v) is 7.82. The molecule has 0 saturated carbocycles. The minimum atomic E-state index is -0.714. The zero-order chi connectivity index (χ0) is 27.7. The van der Waals surface area contributed by atoms with Crippen LogP contribution in [0.15, 0.2) is 72.8 Å². The van der Waals surface area contributed by atoms with Crippen LogP contribution < -0.4 is 4.90 Å². The summed E-state index contributed by atoms with van der Waals surface area (Å²) in [5.41, 5.74) is 5.81. The Kier molecular flexibility index (Phi) is 11.8. The van der Waals surface area contributed by atoms with Gasteiger partial charge in [0.2, 0.25) is 5.95 Å². The van der Waals surface area contributed by atoms with E-state index in [1.165, 1.54) is 23.3 Å². The van der Waals surface area contributed by atoms with Gasteiger partial charge >= 0.3 is 35.5 Å². The predicted molar refractivity (Wildman–Crippen MR) is 166 cm³/mol. The molecule has 1 aliphatic heterocycles. The predicted octanol–water partition coefficient (Wildman–Crippen LogP) is 5.52. The normalized spacial score (nSPS) is 14.4. The Bertz CT molecular complexity index is 1380. The molecule has 1 fully saturated rings. The summed E-state index contributed by atoms with van der Waals surface area (Å²) in [7, 11) is 0. The zero-order valence-electron chi connectivity index (χ0n) is 23.1. The van der Waals surface area contributed by atoms with Gasteiger partial charge in [0.15, 0.2) is 0 Å². The van der Waals surface area contributed by atoms with Crippen LogP contribution in [0.1, 0.15) is 48.8 Å². The maximum absolute atomic E-state index is 13.5. The Hall–Kier alpha value is -2.71. The Morgan fingerprint density at radius 2 is 1.44 bits per heavy atom. The molecule has 6 nitrogen and oxygen atoms in total. The fraction of sp³-hybridized carbons (Fsp3) is 0.394. The van der Waals surface area contributed by atoms with E-state index in [1.54, 1.807) is 0 Å². The van der Waals surface area contributed by atoms with E-state index in [2.05, 4.69) is 56.8 Å². The second-order valence-electron chi connectivity index (χ2n) is 10.8. The molecule has 0 aliphatic carbocycles. The molecule has 8 heteroatoms. The van der Waals surface area contributed by atoms with Gasteiger partial charge in [-0.2, -0.15) is 0 Å². The Morgan fingerprint density at radius 1 is 0.805 bits per heavy atom. The summed E-state index contributed by atoms with van der Waals surface area (Å²) in [6.45, 7) is 5.77. The van der Waals surface area contributed by atoms with Gasteiger partial charge in [-0.15, -0.1) is 0 Å². The van der Waals surface area contributed by atoms with Crippen molar-refractivity contribution in [3.8, 4) is 0 Å². The molecule has 3 aromatic carbocycles. The van der Waals surface area contributed by atoms with Gasteiger partial charge < -0.3 is 19.5 Å². The van der Waals surface area contributed by atoms with Gasteiger partial charge in [-0.05, 0) is 92.6 Å². The third-order valence-electron chi connectivity index (χ3n) is 7.82. The molecule has 4 aromatic rings. The first-order valence-electron chi connectivity index (χ1n) is 14.5. The Labute approximate surface area is 264 Å². The van der Waals surface area contributed by atoms with Crippen LogP contribution in [-0.2, 0) is 24.2 Å². The van der Waals surface area contributed by atoms with Crippen molar-refractivity contribution in [2.24, 2.45) is 0 Å². The zero-order valence-corrected chi connectivity index (χ0v) is 23.1. The van der Waals surface area contributed by atoms with Crippen LogP contribution in [0.2, 0.25) is 0 Å². The van der Waals surface area contributed by atoms with E-state index in [0.717, 1.165) is 93.8 Å². The molecule has 0 bridgehead atoms. The Balaban J connectivity index is 0.00000387. The number of anilines is 1. The standard InChI is InChI=1S/C33H39FN4O2.Na.H/c34-29-17-15-28(16-18-29)25-38-31-9-3-2-8-30(31)35-33(38)37-22-5-20-36(21-6-23-37)24-19-27-13-11-26(12-14-27)7-1-4-10-32(39)40;;/h2-3,8-9,11-18H,1,4-7,10,19-25H2,(H,39,40);;. The summed E-state index contributed by atoms with van der Waals surface area (Å²) >= 11 is 0. The van der Waals surface area contributed by atoms with Gasteiger partial charge in [0.1, 0.15) is 5.82 Å². The van der Waals surface area contributed by atoms with Crippen LogP contribution in [0.4, 0.5) is 10.3 Å². The third kappa shape index (κ3) is 8.89. The van der Waals surface area contributed by atoms with Crippen molar-refractivity contribution < 1.29 is 14.3 Å². The van der Waals surface area contributed by atoms with E-state index in [4.69, 9.17) is 10.1 Å². The number of imidazole rings is 1. The number of benzene rings is 3. The molecule has 41 heavy (non-hydrogen) atoms. The average molecular weight is 567 g/mol. The second-order valence-corrected chi connectivity index (χ2v) is 10.8. The number of carbonyl (C=O) groups is 1. The molecule has 1 saturated heterocycles. The van der Waals surface area contributed by atoms with E-state index in [9.17, 15) is 9.18 Å². The molecule has 1 aliphatic rings. The number of hydrogen-bond acceptors (Lipinski definition) is 4. The van der Waals surface area contributed by atoms with E-state index in [1.807, 2.05) is 18.2 Å². The first kappa shape index (κ1) is 31.2. The van der Waals surface area contributed by atoms with Crippen molar-refractivity contribution in [1.29, 1.82) is 0 Å². The van der Waals surface area contributed by atoms with Crippen LogP contribution in [0.25, 0.3) is 11.0 Å². The fourth-order valence-corrected chi connectivity index (χ4v) is 5.62. The summed E-state index contributed by atoms with van der Waals surface area (Å²) in [5, 5.41) is 8.79. The van der Waals surface area contributed by atoms with Gasteiger partial charge in [0, 0.05) is 26.1 Å². The number of carboxylic acids is 1. The molecule has 212 valence electrons.